The Morgan fingerprint density at radius 3 is 2.45 bits per heavy atom. The van der Waals surface area contributed by atoms with Gasteiger partial charge in [-0.15, -0.1) is 0 Å². The van der Waals surface area contributed by atoms with Gasteiger partial charge < -0.3 is 4.74 Å². The van der Waals surface area contributed by atoms with Crippen molar-refractivity contribution in [3.8, 4) is 0 Å². The molecular formula is C14H14O5S. The quantitative estimate of drug-likeness (QED) is 0.341. The number of hydrogen-bond acceptors (Lipinski definition) is 5. The van der Waals surface area contributed by atoms with Crippen LogP contribution >= 0.6 is 0 Å². The summed E-state index contributed by atoms with van der Waals surface area (Å²) in [6.45, 7) is 1.89. The molecule has 1 rings (SSSR count). The minimum Gasteiger partial charge on any atom is -0.466 e. The van der Waals surface area contributed by atoms with Crippen LogP contribution in [-0.4, -0.2) is 32.1 Å². The Bertz CT molecular complexity index is 648. The average molecular weight is 294 g/mol. The van der Waals surface area contributed by atoms with Crippen molar-refractivity contribution in [2.45, 2.75) is 13.3 Å². The van der Waals surface area contributed by atoms with Gasteiger partial charge in [-0.05, 0) is 24.1 Å². The van der Waals surface area contributed by atoms with Gasteiger partial charge in [-0.3, -0.25) is 9.59 Å². The van der Waals surface area contributed by atoms with Crippen LogP contribution in [0.25, 0.3) is 6.08 Å². The van der Waals surface area contributed by atoms with Crippen LogP contribution in [0, 0.1) is 0 Å². The summed E-state index contributed by atoms with van der Waals surface area (Å²) >= 11 is 0. The van der Waals surface area contributed by atoms with Crippen LogP contribution in [-0.2, 0) is 24.6 Å². The molecule has 0 aliphatic carbocycles. The van der Waals surface area contributed by atoms with Crippen LogP contribution in [0.4, 0.5) is 0 Å². The van der Waals surface area contributed by atoms with Crippen LogP contribution in [0.2, 0.25) is 0 Å². The van der Waals surface area contributed by atoms with Gasteiger partial charge in [-0.1, -0.05) is 30.3 Å². The molecule has 106 valence electrons. The molecule has 0 heterocycles. The molecule has 1 aromatic rings. The zero-order valence-corrected chi connectivity index (χ0v) is 11.7. The van der Waals surface area contributed by atoms with Crippen molar-refractivity contribution in [1.29, 1.82) is 0 Å². The number of ether oxygens (including phenoxy) is 1. The normalized spacial score (nSPS) is 10.2. The highest BCUT2D eigenvalue weighted by atomic mass is 32.2. The first-order valence-corrected chi connectivity index (χ1v) is 7.05. The van der Waals surface area contributed by atoms with Crippen LogP contribution in [0.5, 0.6) is 0 Å². The summed E-state index contributed by atoms with van der Waals surface area (Å²) in [4.78, 5) is 22.6. The highest BCUT2D eigenvalue weighted by Gasteiger charge is 2.07. The van der Waals surface area contributed by atoms with Crippen LogP contribution in [0.3, 0.4) is 0 Å². The summed E-state index contributed by atoms with van der Waals surface area (Å²) in [7, 11) is -2.32. The number of esters is 1. The lowest BCUT2D eigenvalue weighted by atomic mass is 10.1. The van der Waals surface area contributed by atoms with Crippen LogP contribution in [0.1, 0.15) is 24.5 Å². The third-order valence-corrected chi connectivity index (χ3v) is 2.74. The first-order valence-electron chi connectivity index (χ1n) is 5.91. The summed E-state index contributed by atoms with van der Waals surface area (Å²) in [6.07, 6.45) is 2.38. The number of carbonyl (C=O) groups is 2. The van der Waals surface area contributed by atoms with Gasteiger partial charge in [0.25, 0.3) is 0 Å². The summed E-state index contributed by atoms with van der Waals surface area (Å²) in [5, 5.41) is 1.05. The van der Waals surface area contributed by atoms with E-state index < -0.39 is 22.0 Å². The zero-order valence-electron chi connectivity index (χ0n) is 10.9. The van der Waals surface area contributed by atoms with E-state index in [9.17, 15) is 18.0 Å². The number of hydrogen-bond donors (Lipinski definition) is 0. The van der Waals surface area contributed by atoms with Gasteiger partial charge in [-0.25, -0.2) is 0 Å². The van der Waals surface area contributed by atoms with Gasteiger partial charge in [0.15, 0.2) is 5.78 Å². The molecule has 0 fully saturated rings. The topological polar surface area (TPSA) is 77.5 Å². The van der Waals surface area contributed by atoms with E-state index in [-0.39, 0.29) is 13.0 Å². The predicted octanol–water partition coefficient (Wildman–Crippen LogP) is 1.25. The minimum absolute atomic E-state index is 0.225. The smallest absolute Gasteiger partial charge is 0.313 e. The lowest BCUT2D eigenvalue weighted by Crippen LogP contribution is -2.09. The molecule has 0 N–H and O–H groups in total. The predicted molar refractivity (Wildman–Crippen MR) is 75.8 cm³/mol. The Balaban J connectivity index is 2.83. The first kappa shape index (κ1) is 15.8. The lowest BCUT2D eigenvalue weighted by molar-refractivity contribution is -0.144. The van der Waals surface area contributed by atoms with Gasteiger partial charge in [0.2, 0.25) is 10.3 Å². The summed E-state index contributed by atoms with van der Waals surface area (Å²) in [6, 6.07) is 6.70. The van der Waals surface area contributed by atoms with Gasteiger partial charge in [0.1, 0.15) is 6.42 Å². The Hall–Kier alpha value is -2.21. The lowest BCUT2D eigenvalue weighted by Gasteiger charge is -1.99. The highest BCUT2D eigenvalue weighted by molar-refractivity contribution is 7.71. The van der Waals surface area contributed by atoms with E-state index >= 15 is 0 Å². The van der Waals surface area contributed by atoms with E-state index in [0.717, 1.165) is 5.37 Å². The molecule has 0 spiro atoms. The van der Waals surface area contributed by atoms with Crippen molar-refractivity contribution in [3.63, 3.8) is 0 Å². The summed E-state index contributed by atoms with van der Waals surface area (Å²) in [5.74, 6) is -0.982. The Morgan fingerprint density at radius 1 is 1.20 bits per heavy atom. The summed E-state index contributed by atoms with van der Waals surface area (Å²) < 4.78 is 26.0. The molecule has 0 aromatic heterocycles. The average Bonchev–Trinajstić information content (AvgIpc) is 2.37. The second kappa shape index (κ2) is 8.06. The van der Waals surface area contributed by atoms with Crippen molar-refractivity contribution in [2.75, 3.05) is 6.61 Å². The van der Waals surface area contributed by atoms with E-state index in [1.165, 1.54) is 12.2 Å². The SMILES string of the molecule is CCOC(=O)CC(=O)C=Cc1ccccc1C=S(=O)=O. The third-order valence-electron chi connectivity index (χ3n) is 2.29. The molecule has 0 aliphatic heterocycles. The molecule has 0 unspecified atom stereocenters. The molecule has 0 radical (unpaired) electrons. The summed E-state index contributed by atoms with van der Waals surface area (Å²) in [5.41, 5.74) is 1.05. The van der Waals surface area contributed by atoms with Crippen LogP contribution in [0.15, 0.2) is 30.3 Å². The molecule has 6 heteroatoms. The zero-order chi connectivity index (χ0) is 15.0. The number of allylic oxidation sites excluding steroid dienone is 1. The van der Waals surface area contributed by atoms with E-state index in [2.05, 4.69) is 4.74 Å². The van der Waals surface area contributed by atoms with Gasteiger partial charge in [-0.2, -0.15) is 8.42 Å². The van der Waals surface area contributed by atoms with Crippen molar-refractivity contribution in [1.82, 2.24) is 0 Å². The molecule has 0 bridgehead atoms. The fourth-order valence-electron chi connectivity index (χ4n) is 1.47. The number of rotatable bonds is 6. The van der Waals surface area contributed by atoms with Crippen LogP contribution < -0.4 is 0 Å². The first-order chi connectivity index (χ1) is 9.52. The second-order valence-corrected chi connectivity index (χ2v) is 4.55. The highest BCUT2D eigenvalue weighted by Crippen LogP contribution is 2.08. The number of benzene rings is 1. The van der Waals surface area contributed by atoms with Gasteiger partial charge in [0, 0.05) is 0 Å². The van der Waals surface area contributed by atoms with Gasteiger partial charge in [0.05, 0.1) is 12.0 Å². The third kappa shape index (κ3) is 5.62. The minimum atomic E-state index is -2.32. The van der Waals surface area contributed by atoms with E-state index in [0.29, 0.717) is 11.1 Å². The Labute approximate surface area is 118 Å². The molecule has 0 saturated heterocycles. The molecule has 0 atom stereocenters. The number of carbonyl (C=O) groups excluding carboxylic acids is 2. The monoisotopic (exact) mass is 294 g/mol. The van der Waals surface area contributed by atoms with E-state index in [4.69, 9.17) is 0 Å². The molecule has 5 nitrogen and oxygen atoms in total. The molecule has 0 aliphatic rings. The Morgan fingerprint density at radius 2 is 1.85 bits per heavy atom. The molecule has 1 aromatic carbocycles. The second-order valence-electron chi connectivity index (χ2n) is 3.79. The van der Waals surface area contributed by atoms with E-state index in [1.807, 2.05) is 0 Å². The Kier molecular flexibility index (Phi) is 6.39. The van der Waals surface area contributed by atoms with E-state index in [1.54, 1.807) is 31.2 Å². The standard InChI is InChI=1S/C14H14O5S/c1-2-19-14(16)9-13(15)8-7-11-5-3-4-6-12(11)10-20(17)18/h3-8,10H,2,9H2,1H3. The number of ketones is 1. The van der Waals surface area contributed by atoms with Crippen molar-refractivity contribution >= 4 is 33.5 Å². The maximum atomic E-state index is 11.5. The maximum Gasteiger partial charge on any atom is 0.313 e. The van der Waals surface area contributed by atoms with Gasteiger partial charge >= 0.3 is 5.97 Å². The van der Waals surface area contributed by atoms with Crippen molar-refractivity contribution in [2.24, 2.45) is 0 Å². The fraction of sp³-hybridized carbons (Fsp3) is 0.214. The fourth-order valence-corrected chi connectivity index (χ4v) is 1.89. The van der Waals surface area contributed by atoms with Crippen molar-refractivity contribution in [3.05, 3.63) is 41.5 Å². The molecule has 20 heavy (non-hydrogen) atoms. The molecule has 0 amide bonds. The molecular weight excluding hydrogens is 280 g/mol. The van der Waals surface area contributed by atoms with Crippen molar-refractivity contribution < 1.29 is 22.7 Å². The molecule has 0 saturated carbocycles. The largest absolute Gasteiger partial charge is 0.466 e. The maximum absolute atomic E-state index is 11.5.